The zero-order valence-corrected chi connectivity index (χ0v) is 8.60. The maximum absolute atomic E-state index is 11.6. The maximum atomic E-state index is 11.6. The van der Waals surface area contributed by atoms with Crippen molar-refractivity contribution in [1.29, 1.82) is 5.26 Å². The third-order valence-corrected chi connectivity index (χ3v) is 2.00. The van der Waals surface area contributed by atoms with Crippen LogP contribution in [0.15, 0.2) is 18.6 Å². The molecule has 0 amide bonds. The first-order valence-corrected chi connectivity index (χ1v) is 4.50. The highest BCUT2D eigenvalue weighted by atomic mass is 16.5. The fourth-order valence-corrected chi connectivity index (χ4v) is 1.07. The molecule has 5 nitrogen and oxygen atoms in total. The molecule has 0 aromatic carbocycles. The van der Waals surface area contributed by atoms with E-state index in [1.807, 2.05) is 6.07 Å². The second-order valence-corrected chi connectivity index (χ2v) is 3.05. The summed E-state index contributed by atoms with van der Waals surface area (Å²) in [6.07, 6.45) is 2.78. The molecule has 1 aromatic rings. The van der Waals surface area contributed by atoms with Crippen molar-refractivity contribution in [3.05, 3.63) is 24.3 Å². The standard InChI is InChI=1S/C10H11N3O2/c1-3-15-9(14)10(2,6-11)8-4-5-12-7-13-8/h4-5,7H,3H2,1-2H3. The first-order valence-electron chi connectivity index (χ1n) is 4.50. The summed E-state index contributed by atoms with van der Waals surface area (Å²) < 4.78 is 4.83. The summed E-state index contributed by atoms with van der Waals surface area (Å²) in [5, 5.41) is 9.02. The largest absolute Gasteiger partial charge is 0.465 e. The molecule has 5 heteroatoms. The van der Waals surface area contributed by atoms with E-state index in [1.54, 1.807) is 6.92 Å². The van der Waals surface area contributed by atoms with Crippen LogP contribution in [0.4, 0.5) is 0 Å². The van der Waals surface area contributed by atoms with E-state index < -0.39 is 11.4 Å². The zero-order valence-electron chi connectivity index (χ0n) is 8.60. The molecule has 0 radical (unpaired) electrons. The number of hydrogen-bond donors (Lipinski definition) is 0. The molecule has 0 aliphatic carbocycles. The van der Waals surface area contributed by atoms with E-state index in [0.717, 1.165) is 0 Å². The van der Waals surface area contributed by atoms with Gasteiger partial charge >= 0.3 is 5.97 Å². The fraction of sp³-hybridized carbons (Fsp3) is 0.400. The number of nitrogens with zero attached hydrogens (tertiary/aromatic N) is 3. The third kappa shape index (κ3) is 2.10. The number of nitriles is 1. The minimum atomic E-state index is -1.36. The number of rotatable bonds is 3. The smallest absolute Gasteiger partial charge is 0.332 e. The van der Waals surface area contributed by atoms with Crippen LogP contribution in [0.25, 0.3) is 0 Å². The normalized spacial score (nSPS) is 13.7. The van der Waals surface area contributed by atoms with E-state index in [1.165, 1.54) is 25.5 Å². The van der Waals surface area contributed by atoms with Crippen molar-refractivity contribution in [1.82, 2.24) is 9.97 Å². The van der Waals surface area contributed by atoms with Crippen molar-refractivity contribution in [3.63, 3.8) is 0 Å². The average Bonchev–Trinajstić information content (AvgIpc) is 2.29. The van der Waals surface area contributed by atoms with E-state index >= 15 is 0 Å². The summed E-state index contributed by atoms with van der Waals surface area (Å²) in [6.45, 7) is 3.41. The number of carbonyl (C=O) groups excluding carboxylic acids is 1. The monoisotopic (exact) mass is 205 g/mol. The van der Waals surface area contributed by atoms with Gasteiger partial charge in [-0.2, -0.15) is 5.26 Å². The highest BCUT2D eigenvalue weighted by Crippen LogP contribution is 2.21. The Morgan fingerprint density at radius 3 is 2.93 bits per heavy atom. The Hall–Kier alpha value is -1.96. The van der Waals surface area contributed by atoms with Crippen LogP contribution in [0.5, 0.6) is 0 Å². The van der Waals surface area contributed by atoms with Gasteiger partial charge in [-0.3, -0.25) is 0 Å². The molecule has 0 N–H and O–H groups in total. The molecule has 1 unspecified atom stereocenters. The highest BCUT2D eigenvalue weighted by Gasteiger charge is 2.38. The van der Waals surface area contributed by atoms with Gasteiger partial charge in [-0.25, -0.2) is 14.8 Å². The summed E-state index contributed by atoms with van der Waals surface area (Å²) >= 11 is 0. The molecular weight excluding hydrogens is 194 g/mol. The molecule has 0 saturated carbocycles. The van der Waals surface area contributed by atoms with Gasteiger partial charge in [0.15, 0.2) is 5.41 Å². The summed E-state index contributed by atoms with van der Waals surface area (Å²) in [4.78, 5) is 19.2. The Balaban J connectivity index is 3.07. The van der Waals surface area contributed by atoms with Crippen LogP contribution in [0.2, 0.25) is 0 Å². The molecule has 0 spiro atoms. The molecule has 1 rings (SSSR count). The second kappa shape index (κ2) is 4.51. The maximum Gasteiger partial charge on any atom is 0.332 e. The van der Waals surface area contributed by atoms with Crippen molar-refractivity contribution >= 4 is 5.97 Å². The topological polar surface area (TPSA) is 75.9 Å². The van der Waals surface area contributed by atoms with Crippen molar-refractivity contribution in [2.24, 2.45) is 0 Å². The number of carbonyl (C=O) groups is 1. The van der Waals surface area contributed by atoms with Crippen LogP contribution in [0, 0.1) is 11.3 Å². The number of ether oxygens (including phenoxy) is 1. The minimum absolute atomic E-state index is 0.237. The Bertz CT molecular complexity index is 385. The quantitative estimate of drug-likeness (QED) is 0.683. The van der Waals surface area contributed by atoms with Gasteiger partial charge in [0.2, 0.25) is 0 Å². The van der Waals surface area contributed by atoms with E-state index in [0.29, 0.717) is 5.69 Å². The summed E-state index contributed by atoms with van der Waals surface area (Å²) in [5.41, 5.74) is -1.02. The first-order chi connectivity index (χ1) is 7.15. The lowest BCUT2D eigenvalue weighted by atomic mass is 9.88. The van der Waals surface area contributed by atoms with Gasteiger partial charge in [0.1, 0.15) is 6.33 Å². The molecule has 78 valence electrons. The van der Waals surface area contributed by atoms with Gasteiger partial charge in [0.25, 0.3) is 0 Å². The molecular formula is C10H11N3O2. The third-order valence-electron chi connectivity index (χ3n) is 2.00. The molecule has 0 saturated heterocycles. The Morgan fingerprint density at radius 2 is 2.47 bits per heavy atom. The Labute approximate surface area is 87.7 Å². The number of esters is 1. The van der Waals surface area contributed by atoms with Crippen LogP contribution in [-0.2, 0) is 14.9 Å². The summed E-state index contributed by atoms with van der Waals surface area (Å²) in [5.74, 6) is -0.591. The minimum Gasteiger partial charge on any atom is -0.465 e. The van der Waals surface area contributed by atoms with Crippen LogP contribution in [-0.4, -0.2) is 22.5 Å². The predicted molar refractivity (Wildman–Crippen MR) is 51.6 cm³/mol. The summed E-state index contributed by atoms with van der Waals surface area (Å²) in [7, 11) is 0. The Morgan fingerprint density at radius 1 is 1.73 bits per heavy atom. The van der Waals surface area contributed by atoms with Gasteiger partial charge in [0, 0.05) is 6.20 Å². The second-order valence-electron chi connectivity index (χ2n) is 3.05. The lowest BCUT2D eigenvalue weighted by Crippen LogP contribution is -2.33. The Kier molecular flexibility index (Phi) is 3.34. The predicted octanol–water partition coefficient (Wildman–Crippen LogP) is 0.821. The van der Waals surface area contributed by atoms with Crippen LogP contribution < -0.4 is 0 Å². The molecule has 0 aliphatic heterocycles. The first kappa shape index (κ1) is 11.1. The van der Waals surface area contributed by atoms with Gasteiger partial charge in [-0.15, -0.1) is 0 Å². The van der Waals surface area contributed by atoms with Crippen molar-refractivity contribution < 1.29 is 9.53 Å². The molecule has 15 heavy (non-hydrogen) atoms. The average molecular weight is 205 g/mol. The van der Waals surface area contributed by atoms with Crippen LogP contribution in [0.1, 0.15) is 19.5 Å². The van der Waals surface area contributed by atoms with Gasteiger partial charge < -0.3 is 4.74 Å². The van der Waals surface area contributed by atoms with Gasteiger partial charge in [-0.05, 0) is 19.9 Å². The van der Waals surface area contributed by atoms with Crippen LogP contribution >= 0.6 is 0 Å². The van der Waals surface area contributed by atoms with E-state index in [9.17, 15) is 4.79 Å². The van der Waals surface area contributed by atoms with Gasteiger partial charge in [0.05, 0.1) is 18.4 Å². The van der Waals surface area contributed by atoms with Crippen LogP contribution in [0.3, 0.4) is 0 Å². The molecule has 0 bridgehead atoms. The van der Waals surface area contributed by atoms with Crippen molar-refractivity contribution in [2.75, 3.05) is 6.61 Å². The fourth-order valence-electron chi connectivity index (χ4n) is 1.07. The lowest BCUT2D eigenvalue weighted by molar-refractivity contribution is -0.147. The highest BCUT2D eigenvalue weighted by molar-refractivity contribution is 5.85. The van der Waals surface area contributed by atoms with E-state index in [-0.39, 0.29) is 6.61 Å². The van der Waals surface area contributed by atoms with Gasteiger partial charge in [-0.1, -0.05) is 0 Å². The van der Waals surface area contributed by atoms with Crippen molar-refractivity contribution in [2.45, 2.75) is 19.3 Å². The van der Waals surface area contributed by atoms with E-state index in [4.69, 9.17) is 10.00 Å². The number of aromatic nitrogens is 2. The molecule has 0 fully saturated rings. The molecule has 1 heterocycles. The lowest BCUT2D eigenvalue weighted by Gasteiger charge is -2.17. The molecule has 1 atom stereocenters. The SMILES string of the molecule is CCOC(=O)C(C)(C#N)c1ccncn1. The summed E-state index contributed by atoms with van der Waals surface area (Å²) in [6, 6.07) is 3.44. The number of hydrogen-bond acceptors (Lipinski definition) is 5. The van der Waals surface area contributed by atoms with Crippen molar-refractivity contribution in [3.8, 4) is 6.07 Å². The zero-order chi connectivity index (χ0) is 11.3. The van der Waals surface area contributed by atoms with E-state index in [2.05, 4.69) is 9.97 Å². The molecule has 0 aliphatic rings. The molecule has 1 aromatic heterocycles.